The molecule has 0 unspecified atom stereocenters. The van der Waals surface area contributed by atoms with Crippen molar-refractivity contribution in [3.05, 3.63) is 59.0 Å². The standard InChI is InChI=1S/C23H20N2O4S/c1-13(14-4-6-19-20(10-14)29-8-7-28-19)24-22(26)21-11-16-9-15-3-5-17(27-2)12-18(15)25-23(16)30-21/h3-6,9-13H,7-8H2,1-2H3,(H,24,26)/t13-/m0/s1. The van der Waals surface area contributed by atoms with Crippen molar-refractivity contribution in [2.75, 3.05) is 20.3 Å². The SMILES string of the molecule is COc1ccc2cc3cc(C(=O)N[C@@H](C)c4ccc5c(c4)OCCO5)sc3nc2c1. The molecule has 0 radical (unpaired) electrons. The van der Waals surface area contributed by atoms with E-state index in [1.54, 1.807) is 7.11 Å². The van der Waals surface area contributed by atoms with E-state index in [0.29, 0.717) is 23.8 Å². The Labute approximate surface area is 177 Å². The van der Waals surface area contributed by atoms with Gasteiger partial charge in [0.05, 0.1) is 23.5 Å². The van der Waals surface area contributed by atoms with Gasteiger partial charge in [-0.1, -0.05) is 6.07 Å². The number of thiophene rings is 1. The van der Waals surface area contributed by atoms with Crippen LogP contribution in [-0.4, -0.2) is 31.2 Å². The third-order valence-corrected chi connectivity index (χ3v) is 6.19. The number of methoxy groups -OCH3 is 1. The average molecular weight is 420 g/mol. The van der Waals surface area contributed by atoms with Gasteiger partial charge in [-0.3, -0.25) is 4.79 Å². The van der Waals surface area contributed by atoms with E-state index in [2.05, 4.69) is 11.4 Å². The Morgan fingerprint density at radius 2 is 1.90 bits per heavy atom. The summed E-state index contributed by atoms with van der Waals surface area (Å²) >= 11 is 1.39. The normalized spacial score (nSPS) is 13.9. The molecule has 0 bridgehead atoms. The Bertz CT molecular complexity index is 1270. The lowest BCUT2D eigenvalue weighted by Crippen LogP contribution is -2.26. The van der Waals surface area contributed by atoms with E-state index in [-0.39, 0.29) is 11.9 Å². The number of pyridine rings is 1. The maximum Gasteiger partial charge on any atom is 0.261 e. The van der Waals surface area contributed by atoms with Gasteiger partial charge in [0.25, 0.3) is 5.91 Å². The number of benzene rings is 2. The van der Waals surface area contributed by atoms with Gasteiger partial charge in [-0.05, 0) is 48.9 Å². The molecule has 0 saturated heterocycles. The van der Waals surface area contributed by atoms with Gasteiger partial charge >= 0.3 is 0 Å². The molecule has 4 aromatic rings. The Balaban J connectivity index is 1.39. The van der Waals surface area contributed by atoms with Crippen molar-refractivity contribution < 1.29 is 19.0 Å². The number of nitrogens with zero attached hydrogens (tertiary/aromatic N) is 1. The number of fused-ring (bicyclic) bond motifs is 3. The molecule has 152 valence electrons. The van der Waals surface area contributed by atoms with E-state index in [1.165, 1.54) is 11.3 Å². The zero-order chi connectivity index (χ0) is 20.7. The van der Waals surface area contributed by atoms with Crippen LogP contribution in [0.25, 0.3) is 21.1 Å². The first-order valence-corrected chi connectivity index (χ1v) is 10.5. The molecule has 6 nitrogen and oxygen atoms in total. The number of hydrogen-bond donors (Lipinski definition) is 1. The van der Waals surface area contributed by atoms with Crippen molar-refractivity contribution in [2.45, 2.75) is 13.0 Å². The van der Waals surface area contributed by atoms with E-state index < -0.39 is 0 Å². The average Bonchev–Trinajstić information content (AvgIpc) is 3.19. The van der Waals surface area contributed by atoms with E-state index in [4.69, 9.17) is 19.2 Å². The highest BCUT2D eigenvalue weighted by Crippen LogP contribution is 2.33. The molecule has 1 aliphatic heterocycles. The fourth-order valence-corrected chi connectivity index (χ4v) is 4.45. The number of ether oxygens (including phenoxy) is 3. The fraction of sp³-hybridized carbons (Fsp3) is 0.217. The Kier molecular flexibility index (Phi) is 4.67. The minimum Gasteiger partial charge on any atom is -0.497 e. The van der Waals surface area contributed by atoms with Gasteiger partial charge in [0.1, 0.15) is 23.8 Å². The van der Waals surface area contributed by atoms with Gasteiger partial charge in [-0.2, -0.15) is 0 Å². The topological polar surface area (TPSA) is 69.7 Å². The van der Waals surface area contributed by atoms with Gasteiger partial charge in [0, 0.05) is 16.8 Å². The van der Waals surface area contributed by atoms with E-state index in [9.17, 15) is 4.79 Å². The first-order valence-electron chi connectivity index (χ1n) is 9.69. The van der Waals surface area contributed by atoms with Crippen LogP contribution in [0, 0.1) is 0 Å². The predicted molar refractivity (Wildman–Crippen MR) is 117 cm³/mol. The van der Waals surface area contributed by atoms with Crippen molar-refractivity contribution in [3.63, 3.8) is 0 Å². The van der Waals surface area contributed by atoms with E-state index in [1.807, 2.05) is 49.4 Å². The van der Waals surface area contributed by atoms with Crippen LogP contribution in [0.4, 0.5) is 0 Å². The summed E-state index contributed by atoms with van der Waals surface area (Å²) in [5.74, 6) is 2.09. The second-order valence-corrected chi connectivity index (χ2v) is 8.18. The summed E-state index contributed by atoms with van der Waals surface area (Å²) in [7, 11) is 1.64. The van der Waals surface area contributed by atoms with Crippen LogP contribution in [0.3, 0.4) is 0 Å². The van der Waals surface area contributed by atoms with E-state index >= 15 is 0 Å². The highest BCUT2D eigenvalue weighted by molar-refractivity contribution is 7.20. The molecule has 3 heterocycles. The van der Waals surface area contributed by atoms with Crippen molar-refractivity contribution in [3.8, 4) is 17.2 Å². The summed E-state index contributed by atoms with van der Waals surface area (Å²) in [6.45, 7) is 3.04. The lowest BCUT2D eigenvalue weighted by molar-refractivity contribution is 0.0944. The van der Waals surface area contributed by atoms with Crippen LogP contribution in [0.2, 0.25) is 0 Å². The van der Waals surface area contributed by atoms with Crippen molar-refractivity contribution >= 4 is 38.4 Å². The first kappa shape index (κ1) is 18.7. The van der Waals surface area contributed by atoms with Crippen LogP contribution in [-0.2, 0) is 0 Å². The van der Waals surface area contributed by atoms with Gasteiger partial charge in [-0.25, -0.2) is 4.98 Å². The summed E-state index contributed by atoms with van der Waals surface area (Å²) in [5, 5.41) is 5.03. The molecular weight excluding hydrogens is 400 g/mol. The Hall–Kier alpha value is -3.32. The van der Waals surface area contributed by atoms with Crippen molar-refractivity contribution in [1.29, 1.82) is 0 Å². The van der Waals surface area contributed by atoms with E-state index in [0.717, 1.165) is 38.2 Å². The third kappa shape index (κ3) is 3.41. The third-order valence-electron chi connectivity index (χ3n) is 5.15. The molecule has 1 N–H and O–H groups in total. The molecule has 1 amide bonds. The predicted octanol–water partition coefficient (Wildman–Crippen LogP) is 4.72. The molecule has 0 saturated carbocycles. The highest BCUT2D eigenvalue weighted by atomic mass is 32.1. The zero-order valence-corrected chi connectivity index (χ0v) is 17.4. The summed E-state index contributed by atoms with van der Waals surface area (Å²) in [5.41, 5.74) is 1.81. The van der Waals surface area contributed by atoms with Gasteiger partial charge in [0.2, 0.25) is 0 Å². The number of amides is 1. The maximum atomic E-state index is 12.9. The van der Waals surface area contributed by atoms with Crippen LogP contribution >= 0.6 is 11.3 Å². The van der Waals surface area contributed by atoms with Crippen molar-refractivity contribution in [1.82, 2.24) is 10.3 Å². The molecule has 0 fully saturated rings. The van der Waals surface area contributed by atoms with Crippen LogP contribution in [0.1, 0.15) is 28.2 Å². The molecule has 2 aromatic heterocycles. The first-order chi connectivity index (χ1) is 14.6. The molecule has 7 heteroatoms. The second kappa shape index (κ2) is 7.50. The summed E-state index contributed by atoms with van der Waals surface area (Å²) in [6, 6.07) is 15.3. The minimum absolute atomic E-state index is 0.123. The maximum absolute atomic E-state index is 12.9. The number of nitrogens with one attached hydrogen (secondary N) is 1. The summed E-state index contributed by atoms with van der Waals surface area (Å²) in [4.78, 5) is 19.0. The molecule has 1 atom stereocenters. The quantitative estimate of drug-likeness (QED) is 0.517. The molecule has 1 aliphatic rings. The molecule has 0 aliphatic carbocycles. The number of hydrogen-bond acceptors (Lipinski definition) is 6. The van der Waals surface area contributed by atoms with Crippen molar-refractivity contribution in [2.24, 2.45) is 0 Å². The highest BCUT2D eigenvalue weighted by Gasteiger charge is 2.18. The largest absolute Gasteiger partial charge is 0.497 e. The fourth-order valence-electron chi connectivity index (χ4n) is 3.52. The van der Waals surface area contributed by atoms with Gasteiger partial charge in [-0.15, -0.1) is 11.3 Å². The van der Waals surface area contributed by atoms with Crippen LogP contribution in [0.15, 0.2) is 48.5 Å². The molecule has 5 rings (SSSR count). The monoisotopic (exact) mass is 420 g/mol. The smallest absolute Gasteiger partial charge is 0.261 e. The molecular formula is C23H20N2O4S. The summed E-state index contributed by atoms with van der Waals surface area (Å²) < 4.78 is 16.5. The zero-order valence-electron chi connectivity index (χ0n) is 16.6. The lowest BCUT2D eigenvalue weighted by Gasteiger charge is -2.21. The Morgan fingerprint density at radius 1 is 1.07 bits per heavy atom. The van der Waals surface area contributed by atoms with Crippen LogP contribution in [0.5, 0.6) is 17.2 Å². The van der Waals surface area contributed by atoms with Gasteiger partial charge < -0.3 is 19.5 Å². The lowest BCUT2D eigenvalue weighted by atomic mass is 10.1. The molecule has 30 heavy (non-hydrogen) atoms. The van der Waals surface area contributed by atoms with Crippen LogP contribution < -0.4 is 19.5 Å². The summed E-state index contributed by atoms with van der Waals surface area (Å²) in [6.07, 6.45) is 0. The Morgan fingerprint density at radius 3 is 2.73 bits per heavy atom. The minimum atomic E-state index is -0.171. The molecule has 2 aromatic carbocycles. The number of carbonyl (C=O) groups is 1. The molecule has 0 spiro atoms. The number of rotatable bonds is 4. The number of carbonyl (C=O) groups excluding carboxylic acids is 1. The second-order valence-electron chi connectivity index (χ2n) is 7.15. The number of aromatic nitrogens is 1. The van der Waals surface area contributed by atoms with Gasteiger partial charge in [0.15, 0.2) is 11.5 Å².